The predicted molar refractivity (Wildman–Crippen MR) is 75.7 cm³/mol. The Hall–Kier alpha value is -0.580. The molecule has 3 amide bonds. The van der Waals surface area contributed by atoms with E-state index in [2.05, 4.69) is 42.0 Å². The Morgan fingerprint density at radius 3 is 2.44 bits per heavy atom. The lowest BCUT2D eigenvalue weighted by Crippen LogP contribution is -2.40. The van der Waals surface area contributed by atoms with Crippen molar-refractivity contribution in [1.29, 1.82) is 0 Å². The smallest absolute Gasteiger partial charge is 0.324 e. The van der Waals surface area contributed by atoms with Crippen molar-refractivity contribution < 1.29 is 9.59 Å². The summed E-state index contributed by atoms with van der Waals surface area (Å²) in [7, 11) is 0. The summed E-state index contributed by atoms with van der Waals surface area (Å²) >= 11 is 3.47. The molecule has 0 bridgehead atoms. The molecule has 5 heteroatoms. The molecule has 0 saturated carbocycles. The molecule has 1 fully saturated rings. The van der Waals surface area contributed by atoms with Gasteiger partial charge in [-0.25, -0.2) is 4.79 Å². The second-order valence-electron chi connectivity index (χ2n) is 5.96. The highest BCUT2D eigenvalue weighted by atomic mass is 79.9. The summed E-state index contributed by atoms with van der Waals surface area (Å²) in [5.74, 6) is 0.185. The van der Waals surface area contributed by atoms with Crippen LogP contribution in [0.4, 0.5) is 4.79 Å². The maximum absolute atomic E-state index is 12.1. The molecule has 0 aliphatic carbocycles. The SMILES string of the molecule is CCCC1NC(=O)N(CC(CBr)C(C)(C)C)C1=O. The first-order valence-electron chi connectivity index (χ1n) is 6.49. The largest absolute Gasteiger partial charge is 0.326 e. The van der Waals surface area contributed by atoms with Crippen LogP contribution in [0, 0.1) is 11.3 Å². The molecule has 0 radical (unpaired) electrons. The Morgan fingerprint density at radius 1 is 1.39 bits per heavy atom. The third kappa shape index (κ3) is 3.46. The van der Waals surface area contributed by atoms with Gasteiger partial charge in [0, 0.05) is 11.9 Å². The van der Waals surface area contributed by atoms with E-state index in [4.69, 9.17) is 0 Å². The van der Waals surface area contributed by atoms with Crippen LogP contribution in [-0.4, -0.2) is 34.8 Å². The molecule has 1 aliphatic rings. The fourth-order valence-electron chi connectivity index (χ4n) is 2.01. The van der Waals surface area contributed by atoms with Crippen molar-refractivity contribution in [3.8, 4) is 0 Å². The number of rotatable bonds is 5. The molecule has 0 aromatic rings. The number of alkyl halides is 1. The highest BCUT2D eigenvalue weighted by Crippen LogP contribution is 2.29. The van der Waals surface area contributed by atoms with Gasteiger partial charge in [0.25, 0.3) is 5.91 Å². The normalized spacial score (nSPS) is 22.3. The van der Waals surface area contributed by atoms with Gasteiger partial charge >= 0.3 is 6.03 Å². The lowest BCUT2D eigenvalue weighted by molar-refractivity contribution is -0.128. The maximum atomic E-state index is 12.1. The topological polar surface area (TPSA) is 49.4 Å². The minimum atomic E-state index is -0.321. The van der Waals surface area contributed by atoms with E-state index in [0.717, 1.165) is 18.2 Å². The second kappa shape index (κ2) is 6.04. The number of carbonyl (C=O) groups is 2. The zero-order valence-corrected chi connectivity index (χ0v) is 13.2. The van der Waals surface area contributed by atoms with E-state index in [1.807, 2.05) is 6.92 Å². The summed E-state index contributed by atoms with van der Waals surface area (Å²) in [5.41, 5.74) is 0.0624. The van der Waals surface area contributed by atoms with Gasteiger partial charge in [-0.1, -0.05) is 50.0 Å². The van der Waals surface area contributed by atoms with E-state index in [1.165, 1.54) is 4.90 Å². The summed E-state index contributed by atoms with van der Waals surface area (Å²) in [6, 6.07) is -0.563. The molecule has 2 unspecified atom stereocenters. The van der Waals surface area contributed by atoms with Crippen LogP contribution in [0.1, 0.15) is 40.5 Å². The molecule has 0 spiro atoms. The van der Waals surface area contributed by atoms with E-state index in [1.54, 1.807) is 0 Å². The number of hydrogen-bond acceptors (Lipinski definition) is 2. The summed E-state index contributed by atoms with van der Waals surface area (Å²) in [6.07, 6.45) is 1.61. The van der Waals surface area contributed by atoms with Gasteiger partial charge in [-0.3, -0.25) is 9.69 Å². The minimum absolute atomic E-state index is 0.0624. The van der Waals surface area contributed by atoms with E-state index >= 15 is 0 Å². The van der Waals surface area contributed by atoms with Crippen molar-refractivity contribution in [2.45, 2.75) is 46.6 Å². The van der Waals surface area contributed by atoms with Gasteiger partial charge in [0.05, 0.1) is 0 Å². The number of halogens is 1. The predicted octanol–water partition coefficient (Wildman–Crippen LogP) is 2.76. The molecule has 4 nitrogen and oxygen atoms in total. The lowest BCUT2D eigenvalue weighted by Gasteiger charge is -2.31. The second-order valence-corrected chi connectivity index (χ2v) is 6.60. The van der Waals surface area contributed by atoms with E-state index in [9.17, 15) is 9.59 Å². The summed E-state index contributed by atoms with van der Waals surface area (Å²) in [5, 5.41) is 3.54. The van der Waals surface area contributed by atoms with Crippen LogP contribution >= 0.6 is 15.9 Å². The van der Waals surface area contributed by atoms with E-state index < -0.39 is 0 Å². The van der Waals surface area contributed by atoms with Gasteiger partial charge in [-0.2, -0.15) is 0 Å². The number of hydrogen-bond donors (Lipinski definition) is 1. The molecule has 1 rings (SSSR count). The average Bonchev–Trinajstić information content (AvgIpc) is 2.51. The molecule has 2 atom stereocenters. The monoisotopic (exact) mass is 318 g/mol. The van der Waals surface area contributed by atoms with Crippen LogP contribution in [0.5, 0.6) is 0 Å². The third-order valence-electron chi connectivity index (χ3n) is 3.50. The van der Waals surface area contributed by atoms with Gasteiger partial charge in [0.1, 0.15) is 6.04 Å². The molecular weight excluding hydrogens is 296 g/mol. The van der Waals surface area contributed by atoms with Crippen LogP contribution in [0.25, 0.3) is 0 Å². The molecular formula is C13H23BrN2O2. The number of imide groups is 1. The number of carbonyl (C=O) groups excluding carboxylic acids is 2. The molecule has 1 heterocycles. The quantitative estimate of drug-likeness (QED) is 0.626. The van der Waals surface area contributed by atoms with Crippen LogP contribution in [0.15, 0.2) is 0 Å². The van der Waals surface area contributed by atoms with Crippen molar-refractivity contribution in [3.63, 3.8) is 0 Å². The molecule has 0 aromatic carbocycles. The summed E-state index contributed by atoms with van der Waals surface area (Å²) in [4.78, 5) is 25.3. The highest BCUT2D eigenvalue weighted by Gasteiger charge is 2.39. The fourth-order valence-corrected chi connectivity index (χ4v) is 3.18. The number of nitrogens with zero attached hydrogens (tertiary/aromatic N) is 1. The van der Waals surface area contributed by atoms with Crippen molar-refractivity contribution in [2.75, 3.05) is 11.9 Å². The molecule has 1 aliphatic heterocycles. The standard InChI is InChI=1S/C13H23BrN2O2/c1-5-6-10-11(17)16(12(18)15-10)8-9(7-14)13(2,3)4/h9-10H,5-8H2,1-4H3,(H,15,18). The van der Waals surface area contributed by atoms with Crippen LogP contribution in [-0.2, 0) is 4.79 Å². The Bertz CT molecular complexity index is 325. The van der Waals surface area contributed by atoms with Gasteiger partial charge in [0.15, 0.2) is 0 Å². The number of amides is 3. The zero-order chi connectivity index (χ0) is 13.9. The summed E-state index contributed by atoms with van der Waals surface area (Å²) < 4.78 is 0. The first-order chi connectivity index (χ1) is 8.31. The van der Waals surface area contributed by atoms with E-state index in [0.29, 0.717) is 6.54 Å². The van der Waals surface area contributed by atoms with Crippen molar-refractivity contribution >= 4 is 27.9 Å². The molecule has 104 valence electrons. The first kappa shape index (κ1) is 15.5. The van der Waals surface area contributed by atoms with Gasteiger partial charge in [-0.15, -0.1) is 0 Å². The van der Waals surface area contributed by atoms with Gasteiger partial charge in [0.2, 0.25) is 0 Å². The molecule has 18 heavy (non-hydrogen) atoms. The summed E-state index contributed by atoms with van der Waals surface area (Å²) in [6.45, 7) is 8.88. The lowest BCUT2D eigenvalue weighted by atomic mass is 9.82. The molecule has 1 N–H and O–H groups in total. The Balaban J connectivity index is 2.72. The molecule has 1 saturated heterocycles. The average molecular weight is 319 g/mol. The minimum Gasteiger partial charge on any atom is -0.326 e. The highest BCUT2D eigenvalue weighted by molar-refractivity contribution is 9.09. The first-order valence-corrected chi connectivity index (χ1v) is 7.61. The molecule has 0 aromatic heterocycles. The zero-order valence-electron chi connectivity index (χ0n) is 11.6. The van der Waals surface area contributed by atoms with Crippen LogP contribution in [0.3, 0.4) is 0 Å². The van der Waals surface area contributed by atoms with Crippen molar-refractivity contribution in [3.05, 3.63) is 0 Å². The van der Waals surface area contributed by atoms with Gasteiger partial charge in [-0.05, 0) is 17.8 Å². The van der Waals surface area contributed by atoms with E-state index in [-0.39, 0.29) is 29.3 Å². The fraction of sp³-hybridized carbons (Fsp3) is 0.846. The number of nitrogens with one attached hydrogen (secondary N) is 1. The Labute approximate surface area is 118 Å². The van der Waals surface area contributed by atoms with Crippen molar-refractivity contribution in [2.24, 2.45) is 11.3 Å². The Morgan fingerprint density at radius 2 is 2.00 bits per heavy atom. The Kier molecular flexibility index (Phi) is 5.20. The van der Waals surface area contributed by atoms with Gasteiger partial charge < -0.3 is 5.32 Å². The van der Waals surface area contributed by atoms with Crippen LogP contribution < -0.4 is 5.32 Å². The number of urea groups is 1. The van der Waals surface area contributed by atoms with Crippen molar-refractivity contribution in [1.82, 2.24) is 10.2 Å². The maximum Gasteiger partial charge on any atom is 0.324 e. The van der Waals surface area contributed by atoms with Crippen LogP contribution in [0.2, 0.25) is 0 Å². The third-order valence-corrected chi connectivity index (χ3v) is 4.28.